The molecule has 0 saturated heterocycles. The van der Waals surface area contributed by atoms with Crippen molar-refractivity contribution in [2.24, 2.45) is 4.99 Å². The van der Waals surface area contributed by atoms with Gasteiger partial charge in [-0.3, -0.25) is 4.99 Å². The highest BCUT2D eigenvalue weighted by Crippen LogP contribution is 2.47. The summed E-state index contributed by atoms with van der Waals surface area (Å²) in [6, 6.07) is 3.32. The third kappa shape index (κ3) is 1.90. The first-order chi connectivity index (χ1) is 8.70. The first-order valence-electron chi connectivity index (χ1n) is 5.79. The van der Waals surface area contributed by atoms with Crippen LogP contribution in [0.5, 0.6) is 0 Å². The van der Waals surface area contributed by atoms with Crippen molar-refractivity contribution in [3.8, 4) is 0 Å². The number of halogens is 2. The molecule has 0 radical (unpaired) electrons. The van der Waals surface area contributed by atoms with Gasteiger partial charge in [-0.1, -0.05) is 11.6 Å². The van der Waals surface area contributed by atoms with Crippen molar-refractivity contribution < 1.29 is 9.13 Å². The summed E-state index contributed by atoms with van der Waals surface area (Å²) in [7, 11) is 0. The van der Waals surface area contributed by atoms with Crippen LogP contribution in [0, 0.1) is 5.82 Å². The second-order valence-corrected chi connectivity index (χ2v) is 5.50. The lowest BCUT2D eigenvalue weighted by molar-refractivity contribution is 0.137. The zero-order valence-corrected chi connectivity index (χ0v) is 11.4. The van der Waals surface area contributed by atoms with Crippen molar-refractivity contribution in [2.75, 3.05) is 24.7 Å². The summed E-state index contributed by atoms with van der Waals surface area (Å²) in [6.45, 7) is 4.07. The molecule has 3 nitrogen and oxygen atoms in total. The number of hydrogen-bond donors (Lipinski definition) is 0. The molecule has 2 aliphatic rings. The fraction of sp³-hybridized carbons (Fsp3) is 0.417. The molecule has 0 spiro atoms. The van der Waals surface area contributed by atoms with E-state index in [1.54, 1.807) is 6.07 Å². The lowest BCUT2D eigenvalue weighted by atomic mass is 10.2. The summed E-state index contributed by atoms with van der Waals surface area (Å²) in [5, 5.41) is 1.08. The Morgan fingerprint density at radius 1 is 1.61 bits per heavy atom. The molecule has 0 fully saturated rings. The zero-order valence-electron chi connectivity index (χ0n) is 9.82. The first kappa shape index (κ1) is 12.3. The minimum Gasteiger partial charge on any atom is -0.379 e. The Labute approximate surface area is 114 Å². The highest BCUT2D eigenvalue weighted by atomic mass is 35.5. The van der Waals surface area contributed by atoms with Crippen LogP contribution >= 0.6 is 23.4 Å². The molecule has 1 atom stereocenters. The van der Waals surface area contributed by atoms with E-state index in [9.17, 15) is 4.39 Å². The number of nitrogens with zero attached hydrogens (tertiary/aromatic N) is 2. The van der Waals surface area contributed by atoms with Crippen LogP contribution in [-0.2, 0) is 4.74 Å². The van der Waals surface area contributed by atoms with Crippen LogP contribution in [0.25, 0.3) is 0 Å². The van der Waals surface area contributed by atoms with Gasteiger partial charge in [-0.25, -0.2) is 4.39 Å². The van der Waals surface area contributed by atoms with Gasteiger partial charge in [0.25, 0.3) is 0 Å². The van der Waals surface area contributed by atoms with Crippen molar-refractivity contribution in [3.63, 3.8) is 0 Å². The van der Waals surface area contributed by atoms with E-state index in [-0.39, 0.29) is 16.9 Å². The van der Waals surface area contributed by atoms with E-state index < -0.39 is 0 Å². The molecule has 18 heavy (non-hydrogen) atoms. The molecule has 1 aromatic rings. The van der Waals surface area contributed by atoms with Crippen molar-refractivity contribution in [3.05, 3.63) is 23.0 Å². The molecule has 1 aromatic carbocycles. The molecule has 3 rings (SSSR count). The standard InChI is InChI=1S/C12H12ClFN2OS/c1-2-17-6-7-5-16-9-4-3-8(14)10(13)11(9)18-12(16)15-7/h3-4,7H,2,5-6H2,1H3. The summed E-state index contributed by atoms with van der Waals surface area (Å²) < 4.78 is 18.8. The normalized spacial score (nSPS) is 20.9. The van der Waals surface area contributed by atoms with Crippen LogP contribution in [0.15, 0.2) is 22.0 Å². The van der Waals surface area contributed by atoms with Gasteiger partial charge in [-0.05, 0) is 30.8 Å². The smallest absolute Gasteiger partial charge is 0.169 e. The topological polar surface area (TPSA) is 24.8 Å². The Balaban J connectivity index is 1.85. The number of aliphatic imine (C=N–C) groups is 1. The Kier molecular flexibility index (Phi) is 3.21. The molecule has 0 aliphatic carbocycles. The quantitative estimate of drug-likeness (QED) is 0.853. The van der Waals surface area contributed by atoms with E-state index in [0.29, 0.717) is 13.2 Å². The average molecular weight is 287 g/mol. The molecule has 6 heteroatoms. The maximum absolute atomic E-state index is 13.4. The molecule has 2 aliphatic heterocycles. The minimum absolute atomic E-state index is 0.157. The van der Waals surface area contributed by atoms with E-state index in [1.165, 1.54) is 17.8 Å². The summed E-state index contributed by atoms with van der Waals surface area (Å²) in [6.07, 6.45) is 0. The molecular weight excluding hydrogens is 275 g/mol. The first-order valence-corrected chi connectivity index (χ1v) is 6.99. The molecule has 96 valence electrons. The third-order valence-corrected chi connectivity index (χ3v) is 4.55. The molecular formula is C12H12ClFN2OS. The third-order valence-electron chi connectivity index (χ3n) is 2.94. The highest BCUT2D eigenvalue weighted by molar-refractivity contribution is 8.15. The van der Waals surface area contributed by atoms with Crippen LogP contribution < -0.4 is 4.90 Å². The van der Waals surface area contributed by atoms with Crippen LogP contribution in [0.4, 0.5) is 10.1 Å². The molecule has 2 heterocycles. The number of amidine groups is 1. The van der Waals surface area contributed by atoms with Crippen molar-refractivity contribution >= 4 is 34.2 Å². The predicted molar refractivity (Wildman–Crippen MR) is 72.3 cm³/mol. The van der Waals surface area contributed by atoms with Gasteiger partial charge in [-0.2, -0.15) is 0 Å². The second kappa shape index (κ2) is 4.72. The van der Waals surface area contributed by atoms with Gasteiger partial charge in [0.15, 0.2) is 5.17 Å². The number of fused-ring (bicyclic) bond motifs is 3. The number of rotatable bonds is 3. The maximum Gasteiger partial charge on any atom is 0.169 e. The Hall–Kier alpha value is -0.780. The van der Waals surface area contributed by atoms with Crippen LogP contribution in [0.3, 0.4) is 0 Å². The fourth-order valence-corrected chi connectivity index (χ4v) is 3.52. The summed E-state index contributed by atoms with van der Waals surface area (Å²) in [5.41, 5.74) is 0.948. The Morgan fingerprint density at radius 3 is 3.22 bits per heavy atom. The van der Waals surface area contributed by atoms with Crippen molar-refractivity contribution in [1.82, 2.24) is 0 Å². The number of benzene rings is 1. The molecule has 0 saturated carbocycles. The maximum atomic E-state index is 13.4. The van der Waals surface area contributed by atoms with Crippen LogP contribution in [-0.4, -0.2) is 31.0 Å². The summed E-state index contributed by atoms with van der Waals surface area (Å²) in [5.74, 6) is -0.379. The van der Waals surface area contributed by atoms with E-state index in [1.807, 2.05) is 6.92 Å². The van der Waals surface area contributed by atoms with Crippen molar-refractivity contribution in [2.45, 2.75) is 17.9 Å². The minimum atomic E-state index is -0.379. The largest absolute Gasteiger partial charge is 0.379 e. The van der Waals surface area contributed by atoms with Crippen LogP contribution in [0.1, 0.15) is 6.92 Å². The molecule has 0 bridgehead atoms. The predicted octanol–water partition coefficient (Wildman–Crippen LogP) is 3.17. The number of anilines is 1. The number of ether oxygens (including phenoxy) is 1. The fourth-order valence-electron chi connectivity index (χ4n) is 2.11. The van der Waals surface area contributed by atoms with Crippen molar-refractivity contribution in [1.29, 1.82) is 0 Å². The van der Waals surface area contributed by atoms with E-state index >= 15 is 0 Å². The van der Waals surface area contributed by atoms with E-state index in [2.05, 4.69) is 9.89 Å². The van der Waals surface area contributed by atoms with Gasteiger partial charge in [0, 0.05) is 13.2 Å². The Bertz CT molecular complexity index is 523. The Morgan fingerprint density at radius 2 is 2.44 bits per heavy atom. The molecule has 0 amide bonds. The summed E-state index contributed by atoms with van der Waals surface area (Å²) >= 11 is 7.40. The van der Waals surface area contributed by atoms with Gasteiger partial charge < -0.3 is 9.64 Å². The highest BCUT2D eigenvalue weighted by Gasteiger charge is 2.36. The number of hydrogen-bond acceptors (Lipinski definition) is 4. The van der Waals surface area contributed by atoms with Crippen LogP contribution in [0.2, 0.25) is 5.02 Å². The zero-order chi connectivity index (χ0) is 12.7. The van der Waals surface area contributed by atoms with E-state index in [4.69, 9.17) is 16.3 Å². The SMILES string of the molecule is CCOCC1CN2C(=N1)Sc1c2ccc(F)c1Cl. The lowest BCUT2D eigenvalue weighted by Gasteiger charge is -2.15. The van der Waals surface area contributed by atoms with E-state index in [0.717, 1.165) is 22.3 Å². The molecule has 0 N–H and O–H groups in total. The monoisotopic (exact) mass is 286 g/mol. The van der Waals surface area contributed by atoms with Gasteiger partial charge in [-0.15, -0.1) is 0 Å². The number of thioether (sulfide) groups is 1. The van der Waals surface area contributed by atoms with Gasteiger partial charge in [0.05, 0.1) is 28.3 Å². The molecule has 1 unspecified atom stereocenters. The average Bonchev–Trinajstić information content (AvgIpc) is 2.89. The van der Waals surface area contributed by atoms with Gasteiger partial charge >= 0.3 is 0 Å². The second-order valence-electron chi connectivity index (χ2n) is 4.15. The molecule has 0 aromatic heterocycles. The van der Waals surface area contributed by atoms with Gasteiger partial charge in [0.2, 0.25) is 0 Å². The summed E-state index contributed by atoms with van der Waals surface area (Å²) in [4.78, 5) is 7.42. The van der Waals surface area contributed by atoms with Gasteiger partial charge in [0.1, 0.15) is 5.82 Å². The lowest BCUT2D eigenvalue weighted by Crippen LogP contribution is -2.26.